The number of nitrogens with one attached hydrogen (secondary N) is 2. The standard InChI is InChI=1S/C23H29F2N3O2/c1-3-22(17-5-7-19(30-2)8-6-17)27-23(29)26-18-10-12-28(13-11-18)15-16-4-9-20(24)21(25)14-16/h4-9,14,18,22H,3,10-13,15H2,1-2H3,(H2,26,27,29). The highest BCUT2D eigenvalue weighted by molar-refractivity contribution is 5.74. The Morgan fingerprint density at radius 1 is 1.13 bits per heavy atom. The van der Waals surface area contributed by atoms with Crippen LogP contribution in [0.3, 0.4) is 0 Å². The van der Waals surface area contributed by atoms with E-state index in [1.54, 1.807) is 13.2 Å². The normalized spacial score (nSPS) is 16.1. The zero-order valence-corrected chi connectivity index (χ0v) is 17.5. The van der Waals surface area contributed by atoms with Crippen molar-refractivity contribution in [3.63, 3.8) is 0 Å². The highest BCUT2D eigenvalue weighted by atomic mass is 19.2. The van der Waals surface area contributed by atoms with Crippen molar-refractivity contribution in [3.8, 4) is 5.75 Å². The second-order valence-corrected chi connectivity index (χ2v) is 7.65. The summed E-state index contributed by atoms with van der Waals surface area (Å²) in [4.78, 5) is 14.7. The Morgan fingerprint density at radius 3 is 2.43 bits per heavy atom. The van der Waals surface area contributed by atoms with Crippen LogP contribution < -0.4 is 15.4 Å². The first-order chi connectivity index (χ1) is 14.5. The zero-order valence-electron chi connectivity index (χ0n) is 17.5. The lowest BCUT2D eigenvalue weighted by atomic mass is 10.0. The van der Waals surface area contributed by atoms with E-state index in [1.807, 2.05) is 31.2 Å². The first-order valence-electron chi connectivity index (χ1n) is 10.4. The molecule has 2 amide bonds. The molecule has 162 valence electrons. The molecule has 0 aromatic heterocycles. The summed E-state index contributed by atoms with van der Waals surface area (Å²) < 4.78 is 31.6. The minimum Gasteiger partial charge on any atom is -0.497 e. The molecule has 30 heavy (non-hydrogen) atoms. The summed E-state index contributed by atoms with van der Waals surface area (Å²) >= 11 is 0. The summed E-state index contributed by atoms with van der Waals surface area (Å²) in [6, 6.07) is 11.6. The van der Waals surface area contributed by atoms with Crippen molar-refractivity contribution >= 4 is 6.03 Å². The number of halogens is 2. The van der Waals surface area contributed by atoms with Crippen molar-refractivity contribution in [2.75, 3.05) is 20.2 Å². The maximum absolute atomic E-state index is 13.4. The molecule has 2 N–H and O–H groups in total. The number of nitrogens with zero attached hydrogens (tertiary/aromatic N) is 1. The molecular weight excluding hydrogens is 388 g/mol. The predicted molar refractivity (Wildman–Crippen MR) is 112 cm³/mol. The SMILES string of the molecule is CCC(NC(=O)NC1CCN(Cc2ccc(F)c(F)c2)CC1)c1ccc(OC)cc1. The lowest BCUT2D eigenvalue weighted by Gasteiger charge is -2.32. The second kappa shape index (κ2) is 10.4. The molecular formula is C23H29F2N3O2. The van der Waals surface area contributed by atoms with Gasteiger partial charge in [0.15, 0.2) is 11.6 Å². The number of urea groups is 1. The van der Waals surface area contributed by atoms with Crippen molar-refractivity contribution in [1.29, 1.82) is 0 Å². The number of rotatable bonds is 7. The number of piperidine rings is 1. The van der Waals surface area contributed by atoms with Gasteiger partial charge < -0.3 is 15.4 Å². The molecule has 7 heteroatoms. The molecule has 5 nitrogen and oxygen atoms in total. The zero-order chi connectivity index (χ0) is 21.5. The molecule has 0 aliphatic carbocycles. The summed E-state index contributed by atoms with van der Waals surface area (Å²) in [5.41, 5.74) is 1.79. The topological polar surface area (TPSA) is 53.6 Å². The molecule has 1 atom stereocenters. The van der Waals surface area contributed by atoms with Crippen LogP contribution in [-0.2, 0) is 6.54 Å². The summed E-state index contributed by atoms with van der Waals surface area (Å²) in [7, 11) is 1.63. The van der Waals surface area contributed by atoms with Crippen molar-refractivity contribution in [1.82, 2.24) is 15.5 Å². The Bertz CT molecular complexity index is 837. The van der Waals surface area contributed by atoms with Crippen LogP contribution in [0.4, 0.5) is 13.6 Å². The van der Waals surface area contributed by atoms with Crippen LogP contribution in [0.25, 0.3) is 0 Å². The third kappa shape index (κ3) is 5.92. The number of carbonyl (C=O) groups excluding carboxylic acids is 1. The van der Waals surface area contributed by atoms with Crippen molar-refractivity contribution in [2.24, 2.45) is 0 Å². The van der Waals surface area contributed by atoms with Crippen LogP contribution in [0, 0.1) is 11.6 Å². The number of hydrogen-bond donors (Lipinski definition) is 2. The Hall–Kier alpha value is -2.67. The van der Waals surface area contributed by atoms with Crippen LogP contribution in [0.15, 0.2) is 42.5 Å². The molecule has 0 saturated carbocycles. The number of amides is 2. The minimum absolute atomic E-state index is 0.0654. The fourth-order valence-corrected chi connectivity index (χ4v) is 3.77. The van der Waals surface area contributed by atoms with Gasteiger partial charge in [0.25, 0.3) is 0 Å². The van der Waals surface area contributed by atoms with Crippen molar-refractivity contribution < 1.29 is 18.3 Å². The second-order valence-electron chi connectivity index (χ2n) is 7.65. The quantitative estimate of drug-likeness (QED) is 0.703. The van der Waals surface area contributed by atoms with Gasteiger partial charge in [0, 0.05) is 25.7 Å². The van der Waals surface area contributed by atoms with Crippen LogP contribution in [0.2, 0.25) is 0 Å². The van der Waals surface area contributed by atoms with Gasteiger partial charge in [-0.05, 0) is 54.7 Å². The van der Waals surface area contributed by atoms with Crippen molar-refractivity contribution in [2.45, 2.75) is 44.8 Å². The molecule has 0 spiro atoms. The van der Waals surface area contributed by atoms with E-state index in [1.165, 1.54) is 6.07 Å². The molecule has 1 saturated heterocycles. The van der Waals surface area contributed by atoms with Gasteiger partial charge in [0.1, 0.15) is 5.75 Å². The highest BCUT2D eigenvalue weighted by Crippen LogP contribution is 2.20. The third-order valence-corrected chi connectivity index (χ3v) is 5.54. The maximum Gasteiger partial charge on any atom is 0.315 e. The van der Waals surface area contributed by atoms with E-state index >= 15 is 0 Å². The monoisotopic (exact) mass is 417 g/mol. The molecule has 0 bridgehead atoms. The predicted octanol–water partition coefficient (Wildman–Crippen LogP) is 4.39. The number of ether oxygens (including phenoxy) is 1. The Balaban J connectivity index is 1.45. The average molecular weight is 418 g/mol. The van der Waals surface area contributed by atoms with Gasteiger partial charge in [0.2, 0.25) is 0 Å². The number of likely N-dealkylation sites (tertiary alicyclic amines) is 1. The average Bonchev–Trinajstić information content (AvgIpc) is 2.76. The smallest absolute Gasteiger partial charge is 0.315 e. The fraction of sp³-hybridized carbons (Fsp3) is 0.435. The van der Waals surface area contributed by atoms with Crippen LogP contribution in [-0.4, -0.2) is 37.2 Å². The van der Waals surface area contributed by atoms with E-state index in [4.69, 9.17) is 4.74 Å². The van der Waals surface area contributed by atoms with Crippen molar-refractivity contribution in [3.05, 3.63) is 65.2 Å². The summed E-state index contributed by atoms with van der Waals surface area (Å²) in [5.74, 6) is -0.857. The Labute approximate surface area is 176 Å². The van der Waals surface area contributed by atoms with Gasteiger partial charge in [-0.25, -0.2) is 13.6 Å². The molecule has 1 fully saturated rings. The van der Waals surface area contributed by atoms with E-state index < -0.39 is 11.6 Å². The molecule has 2 aromatic carbocycles. The van der Waals surface area contributed by atoms with Gasteiger partial charge >= 0.3 is 6.03 Å². The van der Waals surface area contributed by atoms with Gasteiger partial charge in [-0.15, -0.1) is 0 Å². The lowest BCUT2D eigenvalue weighted by molar-refractivity contribution is 0.185. The molecule has 1 unspecified atom stereocenters. The van der Waals surface area contributed by atoms with Gasteiger partial charge in [-0.1, -0.05) is 25.1 Å². The van der Waals surface area contributed by atoms with E-state index in [0.29, 0.717) is 6.54 Å². The van der Waals surface area contributed by atoms with Gasteiger partial charge in [-0.2, -0.15) is 0 Å². The molecule has 1 aliphatic rings. The maximum atomic E-state index is 13.4. The first kappa shape index (κ1) is 22.0. The van der Waals surface area contributed by atoms with Crippen LogP contribution >= 0.6 is 0 Å². The molecule has 0 radical (unpaired) electrons. The number of hydrogen-bond acceptors (Lipinski definition) is 3. The van der Waals surface area contributed by atoms with Crippen LogP contribution in [0.5, 0.6) is 5.75 Å². The molecule has 1 aliphatic heterocycles. The number of benzene rings is 2. The Kier molecular flexibility index (Phi) is 7.63. The van der Waals surface area contributed by atoms with Crippen LogP contribution in [0.1, 0.15) is 43.4 Å². The number of carbonyl (C=O) groups is 1. The molecule has 1 heterocycles. The molecule has 2 aromatic rings. The minimum atomic E-state index is -0.826. The summed E-state index contributed by atoms with van der Waals surface area (Å²) in [6.45, 7) is 4.19. The summed E-state index contributed by atoms with van der Waals surface area (Å²) in [6.07, 6.45) is 2.42. The third-order valence-electron chi connectivity index (χ3n) is 5.54. The van der Waals surface area contributed by atoms with Gasteiger partial charge in [0.05, 0.1) is 13.2 Å². The summed E-state index contributed by atoms with van der Waals surface area (Å²) in [5, 5.41) is 6.11. The van der Waals surface area contributed by atoms with E-state index in [2.05, 4.69) is 15.5 Å². The molecule has 3 rings (SSSR count). The lowest BCUT2D eigenvalue weighted by Crippen LogP contribution is -2.48. The Morgan fingerprint density at radius 2 is 1.83 bits per heavy atom. The van der Waals surface area contributed by atoms with E-state index in [0.717, 1.165) is 55.3 Å². The van der Waals surface area contributed by atoms with Gasteiger partial charge in [-0.3, -0.25) is 4.90 Å². The number of methoxy groups -OCH3 is 1. The largest absolute Gasteiger partial charge is 0.497 e. The fourth-order valence-electron chi connectivity index (χ4n) is 3.77. The first-order valence-corrected chi connectivity index (χ1v) is 10.4. The highest BCUT2D eigenvalue weighted by Gasteiger charge is 2.22. The van der Waals surface area contributed by atoms with E-state index in [9.17, 15) is 13.6 Å². The van der Waals surface area contributed by atoms with E-state index in [-0.39, 0.29) is 18.1 Å².